The van der Waals surface area contributed by atoms with Gasteiger partial charge in [0.1, 0.15) is 0 Å². The van der Waals surface area contributed by atoms with Gasteiger partial charge in [-0.3, -0.25) is 0 Å². The van der Waals surface area contributed by atoms with Crippen LogP contribution >= 0.6 is 11.3 Å². The summed E-state index contributed by atoms with van der Waals surface area (Å²) in [4.78, 5) is 5.85. The third-order valence-corrected chi connectivity index (χ3v) is 5.55. The van der Waals surface area contributed by atoms with Gasteiger partial charge in [-0.15, -0.1) is 11.3 Å². The first-order valence-corrected chi connectivity index (χ1v) is 7.04. The molecule has 2 aliphatic carbocycles. The smallest absolute Gasteiger partial charge is 0.0959 e. The third-order valence-electron chi connectivity index (χ3n) is 4.47. The van der Waals surface area contributed by atoms with Gasteiger partial charge in [-0.05, 0) is 51.4 Å². The standard InChI is InChI=1S/C13H19NOS/c1-8-9(2)16-12(14-8)7-13(15)6-10-3-4-11(13)5-10/h10-11,15H,3-7H2,1-2H3. The first kappa shape index (κ1) is 10.7. The van der Waals surface area contributed by atoms with E-state index in [0.29, 0.717) is 5.92 Å². The molecule has 3 heteroatoms. The highest BCUT2D eigenvalue weighted by Gasteiger charge is 2.50. The lowest BCUT2D eigenvalue weighted by molar-refractivity contribution is -0.0125. The number of aryl methyl sites for hydroxylation is 2. The summed E-state index contributed by atoms with van der Waals surface area (Å²) in [7, 11) is 0. The molecule has 0 spiro atoms. The minimum atomic E-state index is -0.431. The Balaban J connectivity index is 1.79. The molecule has 3 unspecified atom stereocenters. The van der Waals surface area contributed by atoms with Crippen molar-refractivity contribution in [3.05, 3.63) is 15.6 Å². The van der Waals surface area contributed by atoms with E-state index in [1.165, 1.54) is 24.1 Å². The first-order chi connectivity index (χ1) is 7.57. The summed E-state index contributed by atoms with van der Waals surface area (Å²) in [6.07, 6.45) is 5.61. The second-order valence-corrected chi connectivity index (χ2v) is 6.90. The third kappa shape index (κ3) is 1.61. The summed E-state index contributed by atoms with van der Waals surface area (Å²) in [5.41, 5.74) is 0.700. The number of hydrogen-bond acceptors (Lipinski definition) is 3. The second kappa shape index (κ2) is 3.54. The zero-order valence-electron chi connectivity index (χ0n) is 9.99. The summed E-state index contributed by atoms with van der Waals surface area (Å²) in [5.74, 6) is 1.33. The molecule has 1 N–H and O–H groups in total. The van der Waals surface area contributed by atoms with Crippen LogP contribution in [0.1, 0.15) is 41.3 Å². The topological polar surface area (TPSA) is 33.1 Å². The van der Waals surface area contributed by atoms with Gasteiger partial charge in [0.05, 0.1) is 16.3 Å². The van der Waals surface area contributed by atoms with Crippen molar-refractivity contribution in [2.45, 2.75) is 51.6 Å². The number of thiazole rings is 1. The number of fused-ring (bicyclic) bond motifs is 2. The Bertz CT molecular complexity index is 395. The fourth-order valence-electron chi connectivity index (χ4n) is 3.51. The van der Waals surface area contributed by atoms with Crippen LogP contribution in [-0.2, 0) is 6.42 Å². The van der Waals surface area contributed by atoms with E-state index >= 15 is 0 Å². The van der Waals surface area contributed by atoms with Crippen molar-refractivity contribution in [3.8, 4) is 0 Å². The molecule has 2 nitrogen and oxygen atoms in total. The van der Waals surface area contributed by atoms with Gasteiger partial charge < -0.3 is 5.11 Å². The predicted octanol–water partition coefficient (Wildman–Crippen LogP) is 2.85. The van der Waals surface area contributed by atoms with E-state index in [-0.39, 0.29) is 0 Å². The van der Waals surface area contributed by atoms with Gasteiger partial charge in [0.2, 0.25) is 0 Å². The number of nitrogens with zero attached hydrogens (tertiary/aromatic N) is 1. The molecule has 1 aromatic rings. The molecule has 2 fully saturated rings. The number of aromatic nitrogens is 1. The average molecular weight is 237 g/mol. The van der Waals surface area contributed by atoms with Crippen molar-refractivity contribution >= 4 is 11.3 Å². The molecule has 2 saturated carbocycles. The summed E-state index contributed by atoms with van der Waals surface area (Å²) >= 11 is 1.76. The highest BCUT2D eigenvalue weighted by molar-refractivity contribution is 7.11. The van der Waals surface area contributed by atoms with Crippen molar-refractivity contribution < 1.29 is 5.11 Å². The van der Waals surface area contributed by atoms with Crippen LogP contribution in [0.5, 0.6) is 0 Å². The van der Waals surface area contributed by atoms with Gasteiger partial charge in [-0.1, -0.05) is 0 Å². The lowest BCUT2D eigenvalue weighted by Gasteiger charge is -2.31. The summed E-state index contributed by atoms with van der Waals surface area (Å²) in [5, 5.41) is 11.8. The van der Waals surface area contributed by atoms with Gasteiger partial charge in [-0.2, -0.15) is 0 Å². The lowest BCUT2D eigenvalue weighted by atomic mass is 9.82. The van der Waals surface area contributed by atoms with E-state index in [2.05, 4.69) is 18.8 Å². The molecule has 0 aliphatic heterocycles. The van der Waals surface area contributed by atoms with Gasteiger partial charge in [-0.25, -0.2) is 4.98 Å². The predicted molar refractivity (Wildman–Crippen MR) is 65.7 cm³/mol. The number of hydrogen-bond donors (Lipinski definition) is 1. The quantitative estimate of drug-likeness (QED) is 0.858. The molecular weight excluding hydrogens is 218 g/mol. The Morgan fingerprint density at radius 1 is 1.44 bits per heavy atom. The van der Waals surface area contributed by atoms with Gasteiger partial charge >= 0.3 is 0 Å². The van der Waals surface area contributed by atoms with Gasteiger partial charge in [0.25, 0.3) is 0 Å². The average Bonchev–Trinajstić information content (AvgIpc) is 2.82. The van der Waals surface area contributed by atoms with E-state index in [9.17, 15) is 5.11 Å². The Labute approximate surface area is 101 Å². The number of rotatable bonds is 2. The normalized spacial score (nSPS) is 37.2. The highest BCUT2D eigenvalue weighted by atomic mass is 32.1. The van der Waals surface area contributed by atoms with Gasteiger partial charge in [0, 0.05) is 11.3 Å². The van der Waals surface area contributed by atoms with Crippen molar-refractivity contribution in [1.82, 2.24) is 4.98 Å². The van der Waals surface area contributed by atoms with Crippen LogP contribution in [0.4, 0.5) is 0 Å². The van der Waals surface area contributed by atoms with Gasteiger partial charge in [0.15, 0.2) is 0 Å². The summed E-state index contributed by atoms with van der Waals surface area (Å²) in [6.45, 7) is 4.17. The zero-order chi connectivity index (χ0) is 11.3. The summed E-state index contributed by atoms with van der Waals surface area (Å²) in [6, 6.07) is 0. The molecule has 1 aromatic heterocycles. The molecule has 0 amide bonds. The fraction of sp³-hybridized carbons (Fsp3) is 0.769. The Morgan fingerprint density at radius 2 is 2.25 bits per heavy atom. The van der Waals surface area contributed by atoms with Crippen molar-refractivity contribution in [1.29, 1.82) is 0 Å². The minimum Gasteiger partial charge on any atom is -0.389 e. The van der Waals surface area contributed by atoms with E-state index in [0.717, 1.165) is 29.5 Å². The Kier molecular flexibility index (Phi) is 2.37. The Hall–Kier alpha value is -0.410. The molecule has 2 aliphatic rings. The molecule has 3 atom stereocenters. The lowest BCUT2D eigenvalue weighted by Crippen LogP contribution is -2.37. The van der Waals surface area contributed by atoms with Crippen LogP contribution < -0.4 is 0 Å². The molecule has 2 bridgehead atoms. The molecule has 0 saturated heterocycles. The van der Waals surface area contributed by atoms with E-state index in [1.54, 1.807) is 11.3 Å². The Morgan fingerprint density at radius 3 is 2.75 bits per heavy atom. The maximum atomic E-state index is 10.7. The molecule has 1 heterocycles. The van der Waals surface area contributed by atoms with Crippen molar-refractivity contribution in [3.63, 3.8) is 0 Å². The maximum Gasteiger partial charge on any atom is 0.0959 e. The van der Waals surface area contributed by atoms with Crippen molar-refractivity contribution in [2.75, 3.05) is 0 Å². The summed E-state index contributed by atoms with van der Waals surface area (Å²) < 4.78 is 0. The van der Waals surface area contributed by atoms with Crippen molar-refractivity contribution in [2.24, 2.45) is 11.8 Å². The van der Waals surface area contributed by atoms with Crippen LogP contribution in [0.15, 0.2) is 0 Å². The minimum absolute atomic E-state index is 0.431. The van der Waals surface area contributed by atoms with Crippen LogP contribution in [0.3, 0.4) is 0 Å². The van der Waals surface area contributed by atoms with E-state index in [1.807, 2.05) is 0 Å². The van der Waals surface area contributed by atoms with E-state index in [4.69, 9.17) is 0 Å². The van der Waals surface area contributed by atoms with Crippen LogP contribution in [0.2, 0.25) is 0 Å². The molecule has 0 aromatic carbocycles. The maximum absolute atomic E-state index is 10.7. The SMILES string of the molecule is Cc1nc(CC2(O)CC3CCC2C3)sc1C. The van der Waals surface area contributed by atoms with E-state index < -0.39 is 5.60 Å². The fourth-order valence-corrected chi connectivity index (χ4v) is 4.56. The van der Waals surface area contributed by atoms with Crippen LogP contribution in [0.25, 0.3) is 0 Å². The molecule has 16 heavy (non-hydrogen) atoms. The molecule has 88 valence electrons. The van der Waals surface area contributed by atoms with Crippen LogP contribution in [0, 0.1) is 25.7 Å². The molecular formula is C13H19NOS. The highest BCUT2D eigenvalue weighted by Crippen LogP contribution is 2.52. The van der Waals surface area contributed by atoms with Crippen LogP contribution in [-0.4, -0.2) is 15.7 Å². The monoisotopic (exact) mass is 237 g/mol. The zero-order valence-corrected chi connectivity index (χ0v) is 10.8. The molecule has 0 radical (unpaired) electrons. The number of aliphatic hydroxyl groups is 1. The molecule has 3 rings (SSSR count). The largest absolute Gasteiger partial charge is 0.389 e. The second-order valence-electron chi connectivity index (χ2n) is 5.61. The first-order valence-electron chi connectivity index (χ1n) is 6.22.